The van der Waals surface area contributed by atoms with Crippen molar-refractivity contribution >= 4 is 27.7 Å². The van der Waals surface area contributed by atoms with Gasteiger partial charge in [0.25, 0.3) is 5.69 Å². The van der Waals surface area contributed by atoms with E-state index in [1.54, 1.807) is 12.1 Å². The molecule has 1 rings (SSSR count). The SMILES string of the molecule is CNC/C(C)=C/c1ccc(Br)cc1[N+](=O)[O-]. The Morgan fingerprint density at radius 1 is 1.62 bits per heavy atom. The molecule has 1 N–H and O–H groups in total. The summed E-state index contributed by atoms with van der Waals surface area (Å²) in [7, 11) is 1.84. The summed E-state index contributed by atoms with van der Waals surface area (Å²) < 4.78 is 0.711. The van der Waals surface area contributed by atoms with Crippen LogP contribution < -0.4 is 5.32 Å². The minimum Gasteiger partial charge on any atom is -0.316 e. The molecule has 0 heterocycles. The molecule has 0 bridgehead atoms. The molecule has 0 spiro atoms. The van der Waals surface area contributed by atoms with Crippen LogP contribution in [-0.2, 0) is 0 Å². The number of benzene rings is 1. The van der Waals surface area contributed by atoms with E-state index in [1.165, 1.54) is 6.07 Å². The maximum atomic E-state index is 10.9. The van der Waals surface area contributed by atoms with E-state index in [-0.39, 0.29) is 10.6 Å². The first-order chi connectivity index (χ1) is 7.54. The van der Waals surface area contributed by atoms with Gasteiger partial charge in [-0.25, -0.2) is 0 Å². The maximum Gasteiger partial charge on any atom is 0.277 e. The maximum absolute atomic E-state index is 10.9. The van der Waals surface area contributed by atoms with Crippen LogP contribution in [0.4, 0.5) is 5.69 Å². The normalized spacial score (nSPS) is 11.6. The topological polar surface area (TPSA) is 55.2 Å². The van der Waals surface area contributed by atoms with Gasteiger partial charge in [-0.05, 0) is 32.2 Å². The molecule has 5 heteroatoms. The molecule has 1 aromatic carbocycles. The number of likely N-dealkylation sites (N-methyl/N-ethyl adjacent to an activating group) is 1. The van der Waals surface area contributed by atoms with Gasteiger partial charge >= 0.3 is 0 Å². The molecule has 0 aliphatic carbocycles. The van der Waals surface area contributed by atoms with Gasteiger partial charge in [0.2, 0.25) is 0 Å². The Morgan fingerprint density at radius 3 is 2.88 bits per heavy atom. The summed E-state index contributed by atoms with van der Waals surface area (Å²) in [4.78, 5) is 10.5. The molecule has 86 valence electrons. The highest BCUT2D eigenvalue weighted by Crippen LogP contribution is 2.25. The van der Waals surface area contributed by atoms with Crippen LogP contribution in [0, 0.1) is 10.1 Å². The van der Waals surface area contributed by atoms with Crippen LogP contribution in [0.15, 0.2) is 28.2 Å². The lowest BCUT2D eigenvalue weighted by Gasteiger charge is -2.02. The first kappa shape index (κ1) is 12.9. The zero-order chi connectivity index (χ0) is 12.1. The lowest BCUT2D eigenvalue weighted by molar-refractivity contribution is -0.385. The molecular weight excluding hydrogens is 272 g/mol. The van der Waals surface area contributed by atoms with Crippen LogP contribution in [0.1, 0.15) is 12.5 Å². The van der Waals surface area contributed by atoms with Gasteiger partial charge in [-0.15, -0.1) is 0 Å². The van der Waals surface area contributed by atoms with Crippen molar-refractivity contribution in [1.29, 1.82) is 0 Å². The third-order valence-corrected chi connectivity index (χ3v) is 2.54. The van der Waals surface area contributed by atoms with Crippen LogP contribution in [0.25, 0.3) is 6.08 Å². The van der Waals surface area contributed by atoms with Gasteiger partial charge in [0.15, 0.2) is 0 Å². The van der Waals surface area contributed by atoms with E-state index < -0.39 is 0 Å². The van der Waals surface area contributed by atoms with Gasteiger partial charge in [0.1, 0.15) is 0 Å². The highest BCUT2D eigenvalue weighted by molar-refractivity contribution is 9.10. The third kappa shape index (κ3) is 3.43. The molecule has 0 amide bonds. The van der Waals surface area contributed by atoms with Crippen molar-refractivity contribution in [3.63, 3.8) is 0 Å². The summed E-state index contributed by atoms with van der Waals surface area (Å²) in [6, 6.07) is 5.05. The van der Waals surface area contributed by atoms with Crippen LogP contribution in [-0.4, -0.2) is 18.5 Å². The third-order valence-electron chi connectivity index (χ3n) is 2.05. The number of nitrogens with zero attached hydrogens (tertiary/aromatic N) is 1. The van der Waals surface area contributed by atoms with Gasteiger partial charge in [-0.2, -0.15) is 0 Å². The van der Waals surface area contributed by atoms with Crippen molar-refractivity contribution in [3.8, 4) is 0 Å². The van der Waals surface area contributed by atoms with Crippen LogP contribution >= 0.6 is 15.9 Å². The van der Waals surface area contributed by atoms with Gasteiger partial charge in [-0.3, -0.25) is 10.1 Å². The number of rotatable bonds is 4. The molecule has 0 aliphatic rings. The molecule has 0 atom stereocenters. The Hall–Kier alpha value is -1.20. The van der Waals surface area contributed by atoms with Crippen molar-refractivity contribution in [2.75, 3.05) is 13.6 Å². The Bertz CT molecular complexity index is 430. The lowest BCUT2D eigenvalue weighted by atomic mass is 10.1. The predicted molar refractivity (Wildman–Crippen MR) is 68.4 cm³/mol. The van der Waals surface area contributed by atoms with Gasteiger partial charge < -0.3 is 5.32 Å². The van der Waals surface area contributed by atoms with Crippen molar-refractivity contribution in [1.82, 2.24) is 5.32 Å². The number of nitrogens with one attached hydrogen (secondary N) is 1. The Kier molecular flexibility index (Phi) is 4.64. The molecule has 16 heavy (non-hydrogen) atoms. The second-order valence-electron chi connectivity index (χ2n) is 3.48. The molecule has 0 radical (unpaired) electrons. The standard InChI is InChI=1S/C11H13BrN2O2/c1-8(7-13-2)5-9-3-4-10(12)6-11(9)14(15)16/h3-6,13H,7H2,1-2H3/b8-5+. The first-order valence-corrected chi connectivity index (χ1v) is 5.59. The van der Waals surface area contributed by atoms with E-state index in [9.17, 15) is 10.1 Å². The quantitative estimate of drug-likeness (QED) is 0.683. The van der Waals surface area contributed by atoms with Gasteiger partial charge in [-0.1, -0.05) is 21.5 Å². The number of nitro benzene ring substituents is 1. The Morgan fingerprint density at radius 2 is 2.31 bits per heavy atom. The Balaban J connectivity index is 3.13. The van der Waals surface area contributed by atoms with Crippen LogP contribution in [0.3, 0.4) is 0 Å². The van der Waals surface area contributed by atoms with E-state index in [2.05, 4.69) is 21.2 Å². The van der Waals surface area contributed by atoms with Crippen molar-refractivity contribution < 1.29 is 4.92 Å². The van der Waals surface area contributed by atoms with Crippen LogP contribution in [0.2, 0.25) is 0 Å². The summed E-state index contributed by atoms with van der Waals surface area (Å²) in [6.07, 6.45) is 1.82. The zero-order valence-corrected chi connectivity index (χ0v) is 10.7. The minimum atomic E-state index is -0.372. The average molecular weight is 285 g/mol. The average Bonchev–Trinajstić information content (AvgIpc) is 2.20. The predicted octanol–water partition coefficient (Wildman–Crippen LogP) is 2.98. The molecule has 0 aliphatic heterocycles. The lowest BCUT2D eigenvalue weighted by Crippen LogP contribution is -2.08. The minimum absolute atomic E-state index is 0.116. The summed E-state index contributed by atoms with van der Waals surface area (Å²) >= 11 is 3.22. The molecule has 0 fully saturated rings. The van der Waals surface area contributed by atoms with Crippen molar-refractivity contribution in [2.45, 2.75) is 6.92 Å². The molecule has 0 aromatic heterocycles. The fraction of sp³-hybridized carbons (Fsp3) is 0.273. The van der Waals surface area contributed by atoms with E-state index >= 15 is 0 Å². The fourth-order valence-electron chi connectivity index (χ4n) is 1.39. The number of hydrogen-bond acceptors (Lipinski definition) is 3. The summed E-state index contributed by atoms with van der Waals surface area (Å²) in [5.41, 5.74) is 1.79. The van der Waals surface area contributed by atoms with Crippen molar-refractivity contribution in [3.05, 3.63) is 43.9 Å². The highest BCUT2D eigenvalue weighted by atomic mass is 79.9. The molecule has 0 saturated heterocycles. The molecule has 0 unspecified atom stereocenters. The van der Waals surface area contributed by atoms with E-state index in [0.717, 1.165) is 5.57 Å². The monoisotopic (exact) mass is 284 g/mol. The largest absolute Gasteiger partial charge is 0.316 e. The molecular formula is C11H13BrN2O2. The highest BCUT2D eigenvalue weighted by Gasteiger charge is 2.12. The smallest absolute Gasteiger partial charge is 0.277 e. The molecule has 4 nitrogen and oxygen atoms in total. The number of hydrogen-bond donors (Lipinski definition) is 1. The second kappa shape index (κ2) is 5.77. The first-order valence-electron chi connectivity index (χ1n) is 4.80. The zero-order valence-electron chi connectivity index (χ0n) is 9.16. The Labute approximate surface area is 103 Å². The van der Waals surface area contributed by atoms with Gasteiger partial charge in [0, 0.05) is 17.1 Å². The summed E-state index contributed by atoms with van der Waals surface area (Å²) in [5, 5.41) is 13.9. The molecule has 1 aromatic rings. The number of halogens is 1. The summed E-state index contributed by atoms with van der Waals surface area (Å²) in [6.45, 7) is 2.65. The fourth-order valence-corrected chi connectivity index (χ4v) is 1.74. The van der Waals surface area contributed by atoms with Gasteiger partial charge in [0.05, 0.1) is 10.5 Å². The van der Waals surface area contributed by atoms with E-state index in [1.807, 2.05) is 20.0 Å². The van der Waals surface area contributed by atoms with E-state index in [4.69, 9.17) is 0 Å². The van der Waals surface area contributed by atoms with Crippen molar-refractivity contribution in [2.24, 2.45) is 0 Å². The van der Waals surface area contributed by atoms with E-state index in [0.29, 0.717) is 16.6 Å². The molecule has 0 saturated carbocycles. The summed E-state index contributed by atoms with van der Waals surface area (Å²) in [5.74, 6) is 0. The number of nitro groups is 1. The van der Waals surface area contributed by atoms with Crippen LogP contribution in [0.5, 0.6) is 0 Å². The second-order valence-corrected chi connectivity index (χ2v) is 4.40.